The van der Waals surface area contributed by atoms with Crippen molar-refractivity contribution in [3.05, 3.63) is 6.33 Å². The number of nitrogen functional groups attached to an aromatic ring is 2. The van der Waals surface area contributed by atoms with Crippen molar-refractivity contribution in [3.8, 4) is 0 Å². The van der Waals surface area contributed by atoms with E-state index in [-0.39, 0.29) is 18.2 Å². The SMILES string of the molecule is Nc1nc(N)c2[nH]c[n+]([C@H]3C[C@H](O)C(F)[C@@H]3F)c2n1. The summed E-state index contributed by atoms with van der Waals surface area (Å²) < 4.78 is 28.6. The highest BCUT2D eigenvalue weighted by atomic mass is 19.2. The molecule has 2 aromatic heterocycles. The van der Waals surface area contributed by atoms with Gasteiger partial charge >= 0.3 is 5.65 Å². The van der Waals surface area contributed by atoms with Gasteiger partial charge in [-0.15, -0.1) is 0 Å². The Morgan fingerprint density at radius 1 is 1.32 bits per heavy atom. The first-order chi connectivity index (χ1) is 8.99. The fourth-order valence-corrected chi connectivity index (χ4v) is 2.46. The molecular weight excluding hydrogens is 258 g/mol. The number of aliphatic hydroxyl groups is 1. The number of halogens is 2. The summed E-state index contributed by atoms with van der Waals surface area (Å²) in [7, 11) is 0. The van der Waals surface area contributed by atoms with Gasteiger partial charge in [0.15, 0.2) is 24.5 Å². The van der Waals surface area contributed by atoms with Gasteiger partial charge in [0.05, 0.1) is 6.10 Å². The van der Waals surface area contributed by atoms with Crippen molar-refractivity contribution in [2.75, 3.05) is 11.5 Å². The first-order valence-electron chi connectivity index (χ1n) is 5.76. The third-order valence-electron chi connectivity index (χ3n) is 3.41. The molecule has 3 rings (SSSR count). The maximum atomic E-state index is 13.8. The van der Waals surface area contributed by atoms with Crippen LogP contribution in [-0.2, 0) is 0 Å². The smallest absolute Gasteiger partial charge is 0.309 e. The zero-order valence-corrected chi connectivity index (χ0v) is 9.79. The van der Waals surface area contributed by atoms with Gasteiger partial charge < -0.3 is 16.6 Å². The van der Waals surface area contributed by atoms with Crippen molar-refractivity contribution in [2.45, 2.75) is 30.9 Å². The van der Waals surface area contributed by atoms with Crippen LogP contribution in [0.15, 0.2) is 6.33 Å². The Morgan fingerprint density at radius 3 is 2.68 bits per heavy atom. The largest absolute Gasteiger partial charge is 0.390 e. The third kappa shape index (κ3) is 1.69. The van der Waals surface area contributed by atoms with E-state index >= 15 is 0 Å². The average molecular weight is 271 g/mol. The van der Waals surface area contributed by atoms with Crippen LogP contribution in [0.2, 0.25) is 0 Å². The van der Waals surface area contributed by atoms with Gasteiger partial charge in [-0.2, -0.15) is 4.98 Å². The van der Waals surface area contributed by atoms with Crippen LogP contribution in [0.4, 0.5) is 20.5 Å². The van der Waals surface area contributed by atoms with Gasteiger partial charge in [-0.3, -0.25) is 4.98 Å². The fourth-order valence-electron chi connectivity index (χ4n) is 2.46. The zero-order valence-electron chi connectivity index (χ0n) is 9.79. The zero-order chi connectivity index (χ0) is 13.7. The Balaban J connectivity index is 2.11. The molecule has 1 saturated carbocycles. The Hall–Kier alpha value is -2.03. The molecule has 1 fully saturated rings. The summed E-state index contributed by atoms with van der Waals surface area (Å²) in [6.07, 6.45) is -3.65. The molecule has 19 heavy (non-hydrogen) atoms. The van der Waals surface area contributed by atoms with Crippen molar-refractivity contribution in [3.63, 3.8) is 0 Å². The summed E-state index contributed by atoms with van der Waals surface area (Å²) in [5.41, 5.74) is 11.9. The van der Waals surface area contributed by atoms with Crippen molar-refractivity contribution in [1.29, 1.82) is 0 Å². The number of fused-ring (bicyclic) bond motifs is 1. The molecular formula is C10H13F2N6O+. The standard InChI is InChI=1S/C10H12F2N6O/c11-5-3(1-4(19)6(5)12)18-2-15-7-8(13)16-10(14)17-9(7)18/h2-6,19H,1H2,(H4,13,14,16,17)/p+1/t3-,4-,5+,6?/m0/s1. The number of alkyl halides is 2. The summed E-state index contributed by atoms with van der Waals surface area (Å²) in [6.45, 7) is 0. The lowest BCUT2D eigenvalue weighted by Gasteiger charge is -2.10. The summed E-state index contributed by atoms with van der Waals surface area (Å²) in [5.74, 6) is 0.0797. The summed E-state index contributed by atoms with van der Waals surface area (Å²) in [6, 6.07) is -0.854. The normalized spacial score (nSPS) is 31.1. The van der Waals surface area contributed by atoms with E-state index in [0.29, 0.717) is 11.2 Å². The van der Waals surface area contributed by atoms with Crippen LogP contribution in [0.5, 0.6) is 0 Å². The molecule has 4 atom stereocenters. The molecule has 1 aliphatic carbocycles. The molecule has 2 aromatic rings. The maximum absolute atomic E-state index is 13.8. The molecule has 0 radical (unpaired) electrons. The predicted molar refractivity (Wildman–Crippen MR) is 62.4 cm³/mol. The lowest BCUT2D eigenvalue weighted by atomic mass is 10.2. The van der Waals surface area contributed by atoms with Crippen LogP contribution in [0, 0.1) is 0 Å². The molecule has 1 aliphatic rings. The number of nitrogens with two attached hydrogens (primary N) is 2. The summed E-state index contributed by atoms with van der Waals surface area (Å²) in [4.78, 5) is 10.5. The Kier molecular flexibility index (Phi) is 2.52. The quantitative estimate of drug-likeness (QED) is 0.516. The number of hydrogen-bond acceptors (Lipinski definition) is 5. The molecule has 2 heterocycles. The van der Waals surface area contributed by atoms with Crippen LogP contribution < -0.4 is 16.0 Å². The van der Waals surface area contributed by atoms with Crippen molar-refractivity contribution >= 4 is 22.9 Å². The highest BCUT2D eigenvalue weighted by molar-refractivity contribution is 5.79. The topological polar surface area (TPSA) is 118 Å². The van der Waals surface area contributed by atoms with Crippen molar-refractivity contribution < 1.29 is 18.5 Å². The van der Waals surface area contributed by atoms with Gasteiger partial charge in [-0.1, -0.05) is 4.98 Å². The monoisotopic (exact) mass is 271 g/mol. The molecule has 0 saturated heterocycles. The van der Waals surface area contributed by atoms with Gasteiger partial charge in [0.1, 0.15) is 6.04 Å². The van der Waals surface area contributed by atoms with E-state index in [2.05, 4.69) is 15.0 Å². The van der Waals surface area contributed by atoms with E-state index in [1.165, 1.54) is 10.9 Å². The van der Waals surface area contributed by atoms with E-state index in [4.69, 9.17) is 11.5 Å². The lowest BCUT2D eigenvalue weighted by molar-refractivity contribution is -0.704. The van der Waals surface area contributed by atoms with E-state index in [1.807, 2.05) is 0 Å². The molecule has 0 spiro atoms. The number of aromatic nitrogens is 4. The molecule has 1 unspecified atom stereocenters. The molecule has 6 N–H and O–H groups in total. The number of imidazole rings is 1. The minimum Gasteiger partial charge on any atom is -0.390 e. The molecule has 7 nitrogen and oxygen atoms in total. The Labute approximate surface area is 106 Å². The van der Waals surface area contributed by atoms with Crippen LogP contribution in [0.25, 0.3) is 11.2 Å². The van der Waals surface area contributed by atoms with Crippen LogP contribution in [0.3, 0.4) is 0 Å². The second kappa shape index (κ2) is 3.98. The second-order valence-corrected chi connectivity index (χ2v) is 4.61. The molecule has 102 valence electrons. The van der Waals surface area contributed by atoms with E-state index in [9.17, 15) is 13.9 Å². The van der Waals surface area contributed by atoms with E-state index in [1.54, 1.807) is 0 Å². The second-order valence-electron chi connectivity index (χ2n) is 4.61. The molecule has 0 amide bonds. The van der Waals surface area contributed by atoms with E-state index in [0.717, 1.165) is 0 Å². The Morgan fingerprint density at radius 2 is 2.05 bits per heavy atom. The summed E-state index contributed by atoms with van der Waals surface area (Å²) in [5, 5.41) is 9.40. The molecule has 0 aromatic carbocycles. The van der Waals surface area contributed by atoms with Gasteiger partial charge in [-0.25, -0.2) is 13.3 Å². The van der Waals surface area contributed by atoms with Crippen molar-refractivity contribution in [2.24, 2.45) is 0 Å². The van der Waals surface area contributed by atoms with Gasteiger partial charge in [0.2, 0.25) is 5.52 Å². The maximum Gasteiger partial charge on any atom is 0.309 e. The van der Waals surface area contributed by atoms with Gasteiger partial charge in [0.25, 0.3) is 5.95 Å². The van der Waals surface area contributed by atoms with Crippen molar-refractivity contribution in [1.82, 2.24) is 15.0 Å². The third-order valence-corrected chi connectivity index (χ3v) is 3.41. The van der Waals surface area contributed by atoms with E-state index < -0.39 is 24.5 Å². The highest BCUT2D eigenvalue weighted by Crippen LogP contribution is 2.32. The number of anilines is 2. The lowest BCUT2D eigenvalue weighted by Crippen LogP contribution is -2.43. The number of H-pyrrole nitrogens is 1. The number of nitrogens with zero attached hydrogens (tertiary/aromatic N) is 3. The Bertz CT molecular complexity index is 632. The minimum absolute atomic E-state index is 0.0379. The molecule has 9 heteroatoms. The number of aliphatic hydroxyl groups excluding tert-OH is 1. The van der Waals surface area contributed by atoms with Crippen LogP contribution in [-0.4, -0.2) is 38.5 Å². The number of aromatic amines is 1. The van der Waals surface area contributed by atoms with Crippen LogP contribution >= 0.6 is 0 Å². The van der Waals surface area contributed by atoms with Gasteiger partial charge in [-0.05, 0) is 0 Å². The number of rotatable bonds is 1. The molecule has 0 aliphatic heterocycles. The average Bonchev–Trinajstić information content (AvgIpc) is 2.86. The highest BCUT2D eigenvalue weighted by Gasteiger charge is 2.47. The minimum atomic E-state index is -1.90. The first-order valence-corrected chi connectivity index (χ1v) is 5.76. The number of nitrogens with one attached hydrogen (secondary N) is 1. The molecule has 0 bridgehead atoms. The first kappa shape index (κ1) is 12.0. The summed E-state index contributed by atoms with van der Waals surface area (Å²) >= 11 is 0. The predicted octanol–water partition coefficient (Wildman–Crippen LogP) is -0.608. The fraction of sp³-hybridized carbons (Fsp3) is 0.500. The number of hydrogen-bond donors (Lipinski definition) is 4. The van der Waals surface area contributed by atoms with Crippen LogP contribution in [0.1, 0.15) is 12.5 Å². The van der Waals surface area contributed by atoms with Gasteiger partial charge in [0, 0.05) is 6.42 Å².